The number of nitrogen functional groups attached to an aromatic ring is 1. The predicted octanol–water partition coefficient (Wildman–Crippen LogP) is 1.19. The van der Waals surface area contributed by atoms with Gasteiger partial charge in [0.1, 0.15) is 12.4 Å². The van der Waals surface area contributed by atoms with Gasteiger partial charge in [-0.15, -0.1) is 0 Å². The van der Waals surface area contributed by atoms with Gasteiger partial charge in [0.15, 0.2) is 0 Å². The van der Waals surface area contributed by atoms with E-state index in [0.717, 1.165) is 18.6 Å². The topological polar surface area (TPSA) is 73.6 Å². The molecule has 1 aliphatic heterocycles. The van der Waals surface area contributed by atoms with Crippen LogP contribution in [0.15, 0.2) is 24.3 Å². The minimum Gasteiger partial charge on any atom is -0.492 e. The van der Waals surface area contributed by atoms with Crippen LogP contribution in [0, 0.1) is 5.92 Å². The highest BCUT2D eigenvalue weighted by atomic mass is 16.5. The van der Waals surface area contributed by atoms with Crippen LogP contribution in [0.5, 0.6) is 5.75 Å². The lowest BCUT2D eigenvalue weighted by Gasteiger charge is -2.21. The molecule has 0 saturated carbocycles. The van der Waals surface area contributed by atoms with E-state index < -0.39 is 0 Å². The summed E-state index contributed by atoms with van der Waals surface area (Å²) in [6.07, 6.45) is 1.61. The van der Waals surface area contributed by atoms with E-state index in [1.165, 1.54) is 0 Å². The van der Waals surface area contributed by atoms with Crippen molar-refractivity contribution < 1.29 is 14.3 Å². The van der Waals surface area contributed by atoms with Gasteiger partial charge < -0.3 is 20.5 Å². The maximum atomic E-state index is 11.8. The number of hydrogen-bond acceptors (Lipinski definition) is 4. The quantitative estimate of drug-likeness (QED) is 0.619. The number of nitrogens with one attached hydrogen (secondary N) is 1. The van der Waals surface area contributed by atoms with Crippen molar-refractivity contribution in [2.45, 2.75) is 12.8 Å². The zero-order valence-electron chi connectivity index (χ0n) is 10.9. The number of nitrogens with two attached hydrogens (primary N) is 1. The smallest absolute Gasteiger partial charge is 0.223 e. The fourth-order valence-electron chi connectivity index (χ4n) is 2.05. The Bertz CT molecular complexity index is 417. The molecule has 1 amide bonds. The van der Waals surface area contributed by atoms with E-state index in [1.54, 1.807) is 12.1 Å². The van der Waals surface area contributed by atoms with Crippen molar-refractivity contribution in [3.63, 3.8) is 0 Å². The molecule has 1 aliphatic rings. The highest BCUT2D eigenvalue weighted by Gasteiger charge is 2.20. The van der Waals surface area contributed by atoms with Gasteiger partial charge in [-0.05, 0) is 25.0 Å². The zero-order valence-corrected chi connectivity index (χ0v) is 10.9. The number of carbonyl (C=O) groups is 1. The summed E-state index contributed by atoms with van der Waals surface area (Å²) >= 11 is 0. The summed E-state index contributed by atoms with van der Waals surface area (Å²) < 4.78 is 10.7. The second kappa shape index (κ2) is 6.99. The van der Waals surface area contributed by atoms with Crippen molar-refractivity contribution in [3.8, 4) is 5.75 Å². The lowest BCUT2D eigenvalue weighted by atomic mass is 9.99. The van der Waals surface area contributed by atoms with E-state index in [1.807, 2.05) is 12.1 Å². The van der Waals surface area contributed by atoms with Crippen LogP contribution >= 0.6 is 0 Å². The molecule has 3 N–H and O–H groups in total. The molecule has 19 heavy (non-hydrogen) atoms. The Balaban J connectivity index is 1.65. The first-order valence-electron chi connectivity index (χ1n) is 6.59. The lowest BCUT2D eigenvalue weighted by Crippen LogP contribution is -2.36. The predicted molar refractivity (Wildman–Crippen MR) is 72.9 cm³/mol. The van der Waals surface area contributed by atoms with Crippen molar-refractivity contribution in [2.24, 2.45) is 5.92 Å². The average molecular weight is 264 g/mol. The molecule has 0 unspecified atom stereocenters. The van der Waals surface area contributed by atoms with Crippen LogP contribution in [-0.4, -0.2) is 32.3 Å². The summed E-state index contributed by atoms with van der Waals surface area (Å²) in [6.45, 7) is 2.30. The molecule has 104 valence electrons. The van der Waals surface area contributed by atoms with Crippen LogP contribution in [0.4, 0.5) is 5.69 Å². The van der Waals surface area contributed by atoms with Gasteiger partial charge in [0.25, 0.3) is 0 Å². The second-order valence-corrected chi connectivity index (χ2v) is 4.60. The summed E-state index contributed by atoms with van der Waals surface area (Å²) in [4.78, 5) is 11.8. The van der Waals surface area contributed by atoms with Crippen LogP contribution < -0.4 is 15.8 Å². The fraction of sp³-hybridized carbons (Fsp3) is 0.500. The molecule has 0 aliphatic carbocycles. The van der Waals surface area contributed by atoms with E-state index in [0.29, 0.717) is 32.1 Å². The number of carbonyl (C=O) groups excluding carboxylic acids is 1. The summed E-state index contributed by atoms with van der Waals surface area (Å²) in [5.74, 6) is 0.904. The Labute approximate surface area is 113 Å². The van der Waals surface area contributed by atoms with E-state index in [2.05, 4.69) is 5.32 Å². The Kier molecular flexibility index (Phi) is 5.03. The van der Waals surface area contributed by atoms with Crippen LogP contribution in [0.25, 0.3) is 0 Å². The van der Waals surface area contributed by atoms with Crippen molar-refractivity contribution in [2.75, 3.05) is 32.1 Å². The second-order valence-electron chi connectivity index (χ2n) is 4.60. The third-order valence-corrected chi connectivity index (χ3v) is 3.12. The SMILES string of the molecule is Nc1cccc(OCCNC(=O)C2CCOCC2)c1. The fourth-order valence-corrected chi connectivity index (χ4v) is 2.05. The van der Waals surface area contributed by atoms with Crippen LogP contribution in [0.1, 0.15) is 12.8 Å². The molecule has 0 atom stereocenters. The van der Waals surface area contributed by atoms with Crippen molar-refractivity contribution in [3.05, 3.63) is 24.3 Å². The monoisotopic (exact) mass is 264 g/mol. The summed E-state index contributed by atoms with van der Waals surface area (Å²) in [5.41, 5.74) is 6.32. The van der Waals surface area contributed by atoms with E-state index in [-0.39, 0.29) is 11.8 Å². The standard InChI is InChI=1S/C14H20N2O3/c15-12-2-1-3-13(10-12)19-9-6-16-14(17)11-4-7-18-8-5-11/h1-3,10-11H,4-9,15H2,(H,16,17). The average Bonchev–Trinajstić information content (AvgIpc) is 2.44. The minimum absolute atomic E-state index is 0.0844. The van der Waals surface area contributed by atoms with Gasteiger partial charge in [0.2, 0.25) is 5.91 Å². The third kappa shape index (κ3) is 4.44. The molecular weight excluding hydrogens is 244 g/mol. The van der Waals surface area contributed by atoms with Crippen molar-refractivity contribution in [1.29, 1.82) is 0 Å². The molecule has 0 bridgehead atoms. The van der Waals surface area contributed by atoms with Crippen LogP contribution in [-0.2, 0) is 9.53 Å². The first-order valence-corrected chi connectivity index (χ1v) is 6.59. The number of amides is 1. The number of anilines is 1. The van der Waals surface area contributed by atoms with Gasteiger partial charge >= 0.3 is 0 Å². The number of ether oxygens (including phenoxy) is 2. The Morgan fingerprint density at radius 1 is 1.42 bits per heavy atom. The molecule has 1 aromatic rings. The van der Waals surface area contributed by atoms with E-state index >= 15 is 0 Å². The molecule has 1 aromatic carbocycles. The Morgan fingerprint density at radius 2 is 2.21 bits per heavy atom. The van der Waals surface area contributed by atoms with Gasteiger partial charge in [-0.25, -0.2) is 0 Å². The first-order chi connectivity index (χ1) is 9.25. The molecule has 1 fully saturated rings. The van der Waals surface area contributed by atoms with Crippen LogP contribution in [0.3, 0.4) is 0 Å². The zero-order chi connectivity index (χ0) is 13.5. The van der Waals surface area contributed by atoms with Gasteiger partial charge in [0, 0.05) is 30.9 Å². The highest BCUT2D eigenvalue weighted by molar-refractivity contribution is 5.78. The Morgan fingerprint density at radius 3 is 2.95 bits per heavy atom. The summed E-state index contributed by atoms with van der Waals surface area (Å²) in [7, 11) is 0. The highest BCUT2D eigenvalue weighted by Crippen LogP contribution is 2.15. The Hall–Kier alpha value is -1.75. The van der Waals surface area contributed by atoms with Gasteiger partial charge in [0.05, 0.1) is 6.54 Å². The molecule has 0 spiro atoms. The summed E-state index contributed by atoms with van der Waals surface area (Å²) in [6, 6.07) is 7.25. The maximum absolute atomic E-state index is 11.8. The molecule has 1 saturated heterocycles. The van der Waals surface area contributed by atoms with Crippen LogP contribution in [0.2, 0.25) is 0 Å². The normalized spacial score (nSPS) is 16.0. The molecule has 2 rings (SSSR count). The molecular formula is C14H20N2O3. The number of rotatable bonds is 5. The summed E-state index contributed by atoms with van der Waals surface area (Å²) in [5, 5.41) is 2.89. The molecule has 0 radical (unpaired) electrons. The lowest BCUT2D eigenvalue weighted by molar-refractivity contribution is -0.127. The molecule has 5 nitrogen and oxygen atoms in total. The largest absolute Gasteiger partial charge is 0.492 e. The van der Waals surface area contributed by atoms with Gasteiger partial charge in [-0.3, -0.25) is 4.79 Å². The third-order valence-electron chi connectivity index (χ3n) is 3.12. The van der Waals surface area contributed by atoms with Crippen molar-refractivity contribution >= 4 is 11.6 Å². The van der Waals surface area contributed by atoms with Gasteiger partial charge in [-0.2, -0.15) is 0 Å². The van der Waals surface area contributed by atoms with Crippen molar-refractivity contribution in [1.82, 2.24) is 5.32 Å². The number of hydrogen-bond donors (Lipinski definition) is 2. The van der Waals surface area contributed by atoms with Gasteiger partial charge in [-0.1, -0.05) is 6.07 Å². The molecule has 5 heteroatoms. The minimum atomic E-state index is 0.0844. The molecule has 1 heterocycles. The maximum Gasteiger partial charge on any atom is 0.223 e. The molecule has 0 aromatic heterocycles. The first kappa shape index (κ1) is 13.7. The number of benzene rings is 1. The van der Waals surface area contributed by atoms with E-state index in [4.69, 9.17) is 15.2 Å². The van der Waals surface area contributed by atoms with E-state index in [9.17, 15) is 4.79 Å².